The van der Waals surface area contributed by atoms with E-state index in [0.29, 0.717) is 17.0 Å². The smallest absolute Gasteiger partial charge is 0.255 e. The van der Waals surface area contributed by atoms with E-state index < -0.39 is 10.0 Å². The molecule has 1 amide bonds. The van der Waals surface area contributed by atoms with Crippen LogP contribution in [0.2, 0.25) is 0 Å². The molecule has 2 aromatic carbocycles. The highest BCUT2D eigenvalue weighted by Crippen LogP contribution is 2.28. The summed E-state index contributed by atoms with van der Waals surface area (Å²) in [6.45, 7) is 0. The number of nitrogens with zero attached hydrogens (tertiary/aromatic N) is 1. The lowest BCUT2D eigenvalue weighted by Crippen LogP contribution is -2.14. The van der Waals surface area contributed by atoms with Crippen molar-refractivity contribution in [2.24, 2.45) is 0 Å². The van der Waals surface area contributed by atoms with Crippen molar-refractivity contribution in [3.05, 3.63) is 72.6 Å². The van der Waals surface area contributed by atoms with Gasteiger partial charge in [0.15, 0.2) is 0 Å². The second kappa shape index (κ2) is 7.55. The van der Waals surface area contributed by atoms with Crippen LogP contribution in [0.3, 0.4) is 0 Å². The SMILES string of the molecule is COc1ccc(NC(=O)c2ccc(-n3cccc3)cc2)cc1NS(C)(=O)=O. The number of hydrogen-bond donors (Lipinski definition) is 2. The number of methoxy groups -OCH3 is 1. The Balaban J connectivity index is 1.78. The van der Waals surface area contributed by atoms with Crippen molar-refractivity contribution in [2.75, 3.05) is 23.4 Å². The molecule has 8 heteroatoms. The van der Waals surface area contributed by atoms with Crippen LogP contribution < -0.4 is 14.8 Å². The second-order valence-corrected chi connectivity index (χ2v) is 7.63. The van der Waals surface area contributed by atoms with Crippen molar-refractivity contribution in [1.82, 2.24) is 4.57 Å². The van der Waals surface area contributed by atoms with Gasteiger partial charge in [0.05, 0.1) is 19.1 Å². The molecule has 27 heavy (non-hydrogen) atoms. The van der Waals surface area contributed by atoms with Gasteiger partial charge in [-0.15, -0.1) is 0 Å². The molecule has 3 aromatic rings. The molecule has 0 aliphatic carbocycles. The van der Waals surface area contributed by atoms with Crippen LogP contribution in [0.4, 0.5) is 11.4 Å². The highest BCUT2D eigenvalue weighted by Gasteiger charge is 2.12. The van der Waals surface area contributed by atoms with Gasteiger partial charge in [-0.1, -0.05) is 0 Å². The average Bonchev–Trinajstić information content (AvgIpc) is 3.15. The molecule has 140 valence electrons. The van der Waals surface area contributed by atoms with Crippen LogP contribution in [0.15, 0.2) is 67.0 Å². The second-order valence-electron chi connectivity index (χ2n) is 5.88. The van der Waals surface area contributed by atoms with Crippen LogP contribution in [0.25, 0.3) is 5.69 Å². The Kier molecular flexibility index (Phi) is 5.18. The van der Waals surface area contributed by atoms with Crippen LogP contribution in [-0.4, -0.2) is 32.3 Å². The van der Waals surface area contributed by atoms with Crippen LogP contribution >= 0.6 is 0 Å². The van der Waals surface area contributed by atoms with E-state index >= 15 is 0 Å². The Morgan fingerprint density at radius 3 is 2.30 bits per heavy atom. The molecular weight excluding hydrogens is 366 g/mol. The first kappa shape index (κ1) is 18.5. The topological polar surface area (TPSA) is 89.4 Å². The fraction of sp³-hybridized carbons (Fsp3) is 0.105. The van der Waals surface area contributed by atoms with Crippen molar-refractivity contribution in [1.29, 1.82) is 0 Å². The highest BCUT2D eigenvalue weighted by atomic mass is 32.2. The van der Waals surface area contributed by atoms with Gasteiger partial charge in [-0.2, -0.15) is 0 Å². The van der Waals surface area contributed by atoms with Gasteiger partial charge >= 0.3 is 0 Å². The Hall–Kier alpha value is -3.26. The molecule has 3 rings (SSSR count). The quantitative estimate of drug-likeness (QED) is 0.682. The van der Waals surface area contributed by atoms with Gasteiger partial charge in [0.2, 0.25) is 10.0 Å². The van der Waals surface area contributed by atoms with Crippen LogP contribution in [0, 0.1) is 0 Å². The lowest BCUT2D eigenvalue weighted by Gasteiger charge is -2.12. The number of nitrogens with one attached hydrogen (secondary N) is 2. The molecule has 0 aliphatic rings. The Bertz CT molecular complexity index is 1040. The molecule has 0 saturated heterocycles. The van der Waals surface area contributed by atoms with Gasteiger partial charge < -0.3 is 14.6 Å². The third kappa shape index (κ3) is 4.68. The average molecular weight is 385 g/mol. The Labute approximate surface area is 157 Å². The summed E-state index contributed by atoms with van der Waals surface area (Å²) >= 11 is 0. The summed E-state index contributed by atoms with van der Waals surface area (Å²) < 4.78 is 32.4. The number of carbonyl (C=O) groups excluding carboxylic acids is 1. The number of aromatic nitrogens is 1. The molecule has 0 aliphatic heterocycles. The molecule has 2 N–H and O–H groups in total. The fourth-order valence-corrected chi connectivity index (χ4v) is 3.12. The zero-order chi connectivity index (χ0) is 19.4. The summed E-state index contributed by atoms with van der Waals surface area (Å²) in [5.41, 5.74) is 2.13. The molecule has 1 aromatic heterocycles. The predicted molar refractivity (Wildman–Crippen MR) is 105 cm³/mol. The predicted octanol–water partition coefficient (Wildman–Crippen LogP) is 3.11. The van der Waals surface area contributed by atoms with E-state index in [1.165, 1.54) is 13.2 Å². The van der Waals surface area contributed by atoms with E-state index in [2.05, 4.69) is 10.0 Å². The number of ether oxygens (including phenoxy) is 1. The van der Waals surface area contributed by atoms with Gasteiger partial charge in [-0.3, -0.25) is 9.52 Å². The third-order valence-electron chi connectivity index (χ3n) is 3.78. The first-order chi connectivity index (χ1) is 12.9. The molecule has 0 atom stereocenters. The normalized spacial score (nSPS) is 11.0. The number of carbonyl (C=O) groups is 1. The maximum atomic E-state index is 12.5. The van der Waals surface area contributed by atoms with Crippen molar-refractivity contribution in [3.63, 3.8) is 0 Å². The first-order valence-corrected chi connectivity index (χ1v) is 9.95. The van der Waals surface area contributed by atoms with Crippen molar-refractivity contribution < 1.29 is 17.9 Å². The molecule has 0 radical (unpaired) electrons. The van der Waals surface area contributed by atoms with Gasteiger partial charge in [0, 0.05) is 29.3 Å². The highest BCUT2D eigenvalue weighted by molar-refractivity contribution is 7.92. The number of rotatable bonds is 6. The zero-order valence-electron chi connectivity index (χ0n) is 14.8. The fourth-order valence-electron chi connectivity index (χ4n) is 2.56. The van der Waals surface area contributed by atoms with Gasteiger partial charge in [0.25, 0.3) is 5.91 Å². The van der Waals surface area contributed by atoms with E-state index in [4.69, 9.17) is 4.74 Å². The molecule has 0 fully saturated rings. The number of hydrogen-bond acceptors (Lipinski definition) is 4. The maximum Gasteiger partial charge on any atom is 0.255 e. The third-order valence-corrected chi connectivity index (χ3v) is 4.38. The van der Waals surface area contributed by atoms with Crippen molar-refractivity contribution >= 4 is 27.3 Å². The van der Waals surface area contributed by atoms with Crippen molar-refractivity contribution in [3.8, 4) is 11.4 Å². The monoisotopic (exact) mass is 385 g/mol. The summed E-state index contributed by atoms with van der Waals surface area (Å²) in [6, 6.07) is 15.7. The number of amides is 1. The number of benzene rings is 2. The van der Waals surface area contributed by atoms with Crippen LogP contribution in [0.1, 0.15) is 10.4 Å². The Morgan fingerprint density at radius 1 is 1.04 bits per heavy atom. The summed E-state index contributed by atoms with van der Waals surface area (Å²) in [5.74, 6) is 0.0547. The minimum absolute atomic E-state index is 0.251. The van der Waals surface area contributed by atoms with E-state index in [9.17, 15) is 13.2 Å². The van der Waals surface area contributed by atoms with E-state index in [1.54, 1.807) is 24.3 Å². The minimum atomic E-state index is -3.48. The number of anilines is 2. The minimum Gasteiger partial charge on any atom is -0.495 e. The molecule has 0 spiro atoms. The summed E-state index contributed by atoms with van der Waals surface area (Å²) in [7, 11) is -2.04. The maximum absolute atomic E-state index is 12.5. The molecule has 7 nitrogen and oxygen atoms in total. The zero-order valence-corrected chi connectivity index (χ0v) is 15.7. The van der Waals surface area contributed by atoms with Crippen molar-refractivity contribution in [2.45, 2.75) is 0 Å². The molecule has 1 heterocycles. The van der Waals surface area contributed by atoms with E-state index in [1.807, 2.05) is 41.2 Å². The van der Waals surface area contributed by atoms with Gasteiger partial charge in [-0.05, 0) is 54.6 Å². The largest absolute Gasteiger partial charge is 0.495 e. The molecular formula is C19H19N3O4S. The standard InChI is InChI=1S/C19H19N3O4S/c1-26-18-10-7-15(13-17(18)21-27(2,24)25)20-19(23)14-5-8-16(9-6-14)22-11-3-4-12-22/h3-13,21H,1-2H3,(H,20,23). The van der Waals surface area contributed by atoms with Gasteiger partial charge in [-0.25, -0.2) is 8.42 Å². The summed E-state index contributed by atoms with van der Waals surface area (Å²) in [5, 5.41) is 2.75. The van der Waals surface area contributed by atoms with E-state index in [0.717, 1.165) is 11.9 Å². The van der Waals surface area contributed by atoms with Gasteiger partial charge in [0.1, 0.15) is 5.75 Å². The lowest BCUT2D eigenvalue weighted by molar-refractivity contribution is 0.102. The Morgan fingerprint density at radius 2 is 1.70 bits per heavy atom. The molecule has 0 bridgehead atoms. The number of sulfonamides is 1. The van der Waals surface area contributed by atoms with Crippen LogP contribution in [0.5, 0.6) is 5.75 Å². The molecule has 0 saturated carbocycles. The first-order valence-electron chi connectivity index (χ1n) is 8.06. The summed E-state index contributed by atoms with van der Waals surface area (Å²) in [6.07, 6.45) is 4.88. The molecule has 0 unspecified atom stereocenters. The summed E-state index contributed by atoms with van der Waals surface area (Å²) in [4.78, 5) is 12.5. The lowest BCUT2D eigenvalue weighted by atomic mass is 10.2. The van der Waals surface area contributed by atoms with E-state index in [-0.39, 0.29) is 11.6 Å². The van der Waals surface area contributed by atoms with Crippen LogP contribution in [-0.2, 0) is 10.0 Å².